The van der Waals surface area contributed by atoms with E-state index in [1.807, 2.05) is 59.3 Å². The smallest absolute Gasteiger partial charge is 0.338 e. The van der Waals surface area contributed by atoms with Gasteiger partial charge in [-0.15, -0.1) is 0 Å². The fraction of sp³-hybridized carbons (Fsp3) is 0.130. The Kier molecular flexibility index (Phi) is 5.83. The molecule has 1 amide bonds. The van der Waals surface area contributed by atoms with Crippen LogP contribution in [0.5, 0.6) is 0 Å². The average Bonchev–Trinajstić information content (AvgIpc) is 3.04. The Morgan fingerprint density at radius 1 is 0.935 bits per heavy atom. The first-order valence-corrected chi connectivity index (χ1v) is 11.1. The molecule has 8 heteroatoms. The van der Waals surface area contributed by atoms with E-state index in [0.717, 1.165) is 21.0 Å². The zero-order chi connectivity index (χ0) is 21.8. The van der Waals surface area contributed by atoms with Crippen LogP contribution in [0.4, 0.5) is 0 Å². The van der Waals surface area contributed by atoms with Gasteiger partial charge in [0.1, 0.15) is 6.61 Å². The van der Waals surface area contributed by atoms with Crippen LogP contribution in [-0.2, 0) is 32.9 Å². The first-order chi connectivity index (χ1) is 14.9. The van der Waals surface area contributed by atoms with Crippen molar-refractivity contribution in [3.05, 3.63) is 95.6 Å². The summed E-state index contributed by atoms with van der Waals surface area (Å²) in [7, 11) is -3.79. The Balaban J connectivity index is 1.41. The summed E-state index contributed by atoms with van der Waals surface area (Å²) in [5, 5.41) is 0. The summed E-state index contributed by atoms with van der Waals surface area (Å²) in [5.41, 5.74) is 3.96. The lowest BCUT2D eigenvalue weighted by atomic mass is 10.0. The third-order valence-corrected chi connectivity index (χ3v) is 6.34. The minimum Gasteiger partial charge on any atom is -0.457 e. The molecule has 1 aliphatic rings. The molecule has 0 aliphatic carbocycles. The number of benzene rings is 3. The van der Waals surface area contributed by atoms with Crippen LogP contribution in [0, 0.1) is 0 Å². The Morgan fingerprint density at radius 3 is 2.29 bits per heavy atom. The lowest BCUT2D eigenvalue weighted by molar-refractivity contribution is -0.118. The summed E-state index contributed by atoms with van der Waals surface area (Å²) in [4.78, 5) is 23.8. The number of esters is 1. The van der Waals surface area contributed by atoms with Gasteiger partial charge in [-0.25, -0.2) is 9.52 Å². The normalized spacial score (nSPS) is 15.4. The van der Waals surface area contributed by atoms with Gasteiger partial charge in [-0.2, -0.15) is 12.7 Å². The molecule has 1 heterocycles. The minimum atomic E-state index is -3.79. The third kappa shape index (κ3) is 4.82. The number of nitrogens with one attached hydrogen (secondary N) is 1. The lowest BCUT2D eigenvalue weighted by Crippen LogP contribution is -2.29. The van der Waals surface area contributed by atoms with Gasteiger partial charge < -0.3 is 4.74 Å². The van der Waals surface area contributed by atoms with E-state index in [1.54, 1.807) is 24.3 Å². The second-order valence-corrected chi connectivity index (χ2v) is 8.77. The summed E-state index contributed by atoms with van der Waals surface area (Å²) in [6, 6.07) is 24.1. The van der Waals surface area contributed by atoms with Gasteiger partial charge in [-0.1, -0.05) is 66.7 Å². The van der Waals surface area contributed by atoms with Crippen LogP contribution < -0.4 is 4.72 Å². The predicted octanol–water partition coefficient (Wildman–Crippen LogP) is 2.89. The van der Waals surface area contributed by atoms with Crippen molar-refractivity contribution in [3.8, 4) is 11.1 Å². The molecule has 4 rings (SSSR count). The van der Waals surface area contributed by atoms with Crippen molar-refractivity contribution in [3.63, 3.8) is 0 Å². The largest absolute Gasteiger partial charge is 0.457 e. The molecule has 0 spiro atoms. The Labute approximate surface area is 180 Å². The maximum atomic E-state index is 12.5. The van der Waals surface area contributed by atoms with Crippen LogP contribution in [0.2, 0.25) is 0 Å². The van der Waals surface area contributed by atoms with E-state index in [0.29, 0.717) is 11.1 Å². The van der Waals surface area contributed by atoms with Crippen molar-refractivity contribution >= 4 is 22.1 Å². The maximum Gasteiger partial charge on any atom is 0.338 e. The van der Waals surface area contributed by atoms with Crippen molar-refractivity contribution < 1.29 is 22.7 Å². The number of carbonyl (C=O) groups excluding carboxylic acids is 2. The van der Waals surface area contributed by atoms with E-state index in [4.69, 9.17) is 4.74 Å². The molecule has 0 radical (unpaired) electrons. The van der Waals surface area contributed by atoms with Crippen LogP contribution in [0.25, 0.3) is 11.1 Å². The van der Waals surface area contributed by atoms with Crippen LogP contribution in [0.15, 0.2) is 78.9 Å². The Hall–Kier alpha value is -3.49. The summed E-state index contributed by atoms with van der Waals surface area (Å²) in [5.74, 6) is -1.03. The maximum absolute atomic E-state index is 12.5. The summed E-state index contributed by atoms with van der Waals surface area (Å²) >= 11 is 0. The number of hydrogen-bond donors (Lipinski definition) is 1. The highest BCUT2D eigenvalue weighted by Gasteiger charge is 2.33. The zero-order valence-corrected chi connectivity index (χ0v) is 17.3. The van der Waals surface area contributed by atoms with Crippen LogP contribution in [0.1, 0.15) is 21.5 Å². The Morgan fingerprint density at radius 2 is 1.61 bits per heavy atom. The van der Waals surface area contributed by atoms with Crippen molar-refractivity contribution in [2.24, 2.45) is 0 Å². The molecule has 1 fully saturated rings. The van der Waals surface area contributed by atoms with Crippen molar-refractivity contribution in [1.82, 2.24) is 9.03 Å². The molecule has 7 nitrogen and oxygen atoms in total. The molecule has 3 aromatic carbocycles. The summed E-state index contributed by atoms with van der Waals surface area (Å²) < 4.78 is 32.1. The molecular weight excluding hydrogens is 416 g/mol. The molecular formula is C23H20N2O5S. The second-order valence-electron chi connectivity index (χ2n) is 7.09. The Bertz CT molecular complexity index is 1210. The van der Waals surface area contributed by atoms with Gasteiger partial charge in [-0.05, 0) is 34.4 Å². The number of ether oxygens (including phenoxy) is 1. The highest BCUT2D eigenvalue weighted by Crippen LogP contribution is 2.24. The molecule has 0 atom stereocenters. The van der Waals surface area contributed by atoms with Gasteiger partial charge in [0.15, 0.2) is 0 Å². The predicted molar refractivity (Wildman–Crippen MR) is 115 cm³/mol. The molecule has 0 aromatic heterocycles. The van der Waals surface area contributed by atoms with Gasteiger partial charge in [0, 0.05) is 6.54 Å². The van der Waals surface area contributed by atoms with Gasteiger partial charge in [-0.3, -0.25) is 4.79 Å². The number of hydrogen-bond acceptors (Lipinski definition) is 5. The molecule has 31 heavy (non-hydrogen) atoms. The SMILES string of the molecule is O=C1CN(Cc2ccc(C(=O)OCc3ccccc3-c3ccccc3)cc2)S(=O)(=O)N1. The molecule has 0 saturated carbocycles. The molecule has 0 unspecified atom stereocenters. The summed E-state index contributed by atoms with van der Waals surface area (Å²) in [6.07, 6.45) is 0. The highest BCUT2D eigenvalue weighted by atomic mass is 32.2. The molecule has 3 aromatic rings. The molecule has 158 valence electrons. The van der Waals surface area contributed by atoms with Gasteiger partial charge >= 0.3 is 16.2 Å². The van der Waals surface area contributed by atoms with Crippen molar-refractivity contribution in [1.29, 1.82) is 0 Å². The number of amides is 1. The van der Waals surface area contributed by atoms with Crippen molar-refractivity contribution in [2.75, 3.05) is 6.54 Å². The third-order valence-electron chi connectivity index (χ3n) is 4.91. The number of rotatable bonds is 6. The van der Waals surface area contributed by atoms with Gasteiger partial charge in [0.05, 0.1) is 12.1 Å². The van der Waals surface area contributed by atoms with Crippen LogP contribution >= 0.6 is 0 Å². The fourth-order valence-corrected chi connectivity index (χ4v) is 4.44. The van der Waals surface area contributed by atoms with Crippen molar-refractivity contribution in [2.45, 2.75) is 13.2 Å². The summed E-state index contributed by atoms with van der Waals surface area (Å²) in [6.45, 7) is -0.0424. The standard InChI is InChI=1S/C23H20N2O5S/c26-22-15-25(31(28,29)24-22)14-17-10-12-19(13-11-17)23(27)30-16-20-8-4-5-9-21(20)18-6-2-1-3-7-18/h1-13H,14-16H2,(H,24,26). The quantitative estimate of drug-likeness (QED) is 0.600. The van der Waals surface area contributed by atoms with E-state index >= 15 is 0 Å². The van der Waals surface area contributed by atoms with E-state index in [1.165, 1.54) is 0 Å². The minimum absolute atomic E-state index is 0.0425. The first kappa shape index (κ1) is 20.8. The molecule has 1 saturated heterocycles. The highest BCUT2D eigenvalue weighted by molar-refractivity contribution is 7.88. The monoisotopic (exact) mass is 436 g/mol. The van der Waals surface area contributed by atoms with E-state index in [-0.39, 0.29) is 19.7 Å². The van der Waals surface area contributed by atoms with E-state index < -0.39 is 22.1 Å². The van der Waals surface area contributed by atoms with Crippen LogP contribution in [0.3, 0.4) is 0 Å². The van der Waals surface area contributed by atoms with Crippen LogP contribution in [-0.4, -0.2) is 31.1 Å². The molecule has 0 bridgehead atoms. The van der Waals surface area contributed by atoms with E-state index in [2.05, 4.69) is 0 Å². The van der Waals surface area contributed by atoms with Gasteiger partial charge in [0.25, 0.3) is 0 Å². The average molecular weight is 436 g/mol. The van der Waals surface area contributed by atoms with Gasteiger partial charge in [0.2, 0.25) is 5.91 Å². The molecule has 1 aliphatic heterocycles. The zero-order valence-electron chi connectivity index (χ0n) is 16.5. The second kappa shape index (κ2) is 8.71. The lowest BCUT2D eigenvalue weighted by Gasteiger charge is -2.13. The number of carbonyl (C=O) groups is 2. The van der Waals surface area contributed by atoms with E-state index in [9.17, 15) is 18.0 Å². The fourth-order valence-electron chi connectivity index (χ4n) is 3.35. The molecule has 1 N–H and O–H groups in total. The number of nitrogens with zero attached hydrogens (tertiary/aromatic N) is 1. The topological polar surface area (TPSA) is 92.8 Å². The first-order valence-electron chi connectivity index (χ1n) is 9.62.